The van der Waals surface area contributed by atoms with Crippen LogP contribution in [0.25, 0.3) is 10.3 Å². The largest absolute Gasteiger partial charge is 0.327 e. The molecule has 8 nitrogen and oxygen atoms in total. The van der Waals surface area contributed by atoms with Crippen LogP contribution in [0.3, 0.4) is 0 Å². The number of imidazole rings is 1. The number of nitrogens with zero attached hydrogens (tertiary/aromatic N) is 4. The molecule has 3 aromatic rings. The van der Waals surface area contributed by atoms with E-state index < -0.39 is 0 Å². The van der Waals surface area contributed by atoms with E-state index in [4.69, 9.17) is 5.73 Å². The Balaban J connectivity index is 1.96. The van der Waals surface area contributed by atoms with Gasteiger partial charge in [-0.3, -0.25) is 24.2 Å². The Morgan fingerprint density at radius 2 is 2.19 bits per heavy atom. The Hall–Kier alpha value is -2.78. The smallest absolute Gasteiger partial charge is 0.276 e. The number of aldehydes is 1. The van der Waals surface area contributed by atoms with E-state index in [-0.39, 0.29) is 5.91 Å². The summed E-state index contributed by atoms with van der Waals surface area (Å²) in [5.41, 5.74) is 7.44. The predicted molar refractivity (Wildman–Crippen MR) is 102 cm³/mol. The summed E-state index contributed by atoms with van der Waals surface area (Å²) < 4.78 is 3.51. The van der Waals surface area contributed by atoms with Gasteiger partial charge in [0.25, 0.3) is 5.91 Å². The van der Waals surface area contributed by atoms with Crippen LogP contribution in [0.5, 0.6) is 0 Å². The summed E-state index contributed by atoms with van der Waals surface area (Å²) in [7, 11) is 0. The van der Waals surface area contributed by atoms with Crippen molar-refractivity contribution in [3.63, 3.8) is 0 Å². The number of aryl methyl sites for hydroxylation is 2. The molecule has 0 unspecified atom stereocenters. The zero-order valence-corrected chi connectivity index (χ0v) is 15.4. The molecule has 3 heterocycles. The number of nitrogens with one attached hydrogen (secondary N) is 1. The number of carbonyl (C=O) groups is 2. The van der Waals surface area contributed by atoms with Crippen molar-refractivity contribution in [3.8, 4) is 0 Å². The number of aromatic nitrogens is 4. The number of hydrogen-bond acceptors (Lipinski definition) is 6. The van der Waals surface area contributed by atoms with Gasteiger partial charge in [-0.15, -0.1) is 11.3 Å². The van der Waals surface area contributed by atoms with Crippen molar-refractivity contribution >= 4 is 39.8 Å². The molecule has 0 saturated heterocycles. The SMILES string of the molecule is CCn1nc(C)cc1C(=O)Nc1nc2cc(C=O)sc2n1C/C=C/CN. The molecular formula is C17H20N6O2S. The zero-order valence-electron chi connectivity index (χ0n) is 14.6. The molecular weight excluding hydrogens is 352 g/mol. The second-order valence-electron chi connectivity index (χ2n) is 5.65. The molecule has 0 aliphatic heterocycles. The Kier molecular flexibility index (Phi) is 5.29. The van der Waals surface area contributed by atoms with Crippen LogP contribution in [0.15, 0.2) is 24.3 Å². The molecule has 1 amide bonds. The van der Waals surface area contributed by atoms with Crippen LogP contribution in [0, 0.1) is 6.92 Å². The second-order valence-corrected chi connectivity index (χ2v) is 6.71. The van der Waals surface area contributed by atoms with Crippen LogP contribution in [0.4, 0.5) is 5.95 Å². The first-order valence-electron chi connectivity index (χ1n) is 8.23. The van der Waals surface area contributed by atoms with Gasteiger partial charge < -0.3 is 5.73 Å². The lowest BCUT2D eigenvalue weighted by atomic mass is 10.3. The van der Waals surface area contributed by atoms with E-state index in [1.807, 2.05) is 30.6 Å². The van der Waals surface area contributed by atoms with Gasteiger partial charge in [0.05, 0.1) is 10.6 Å². The van der Waals surface area contributed by atoms with Crippen LogP contribution in [-0.2, 0) is 13.1 Å². The third kappa shape index (κ3) is 3.44. The highest BCUT2D eigenvalue weighted by molar-refractivity contribution is 7.20. The summed E-state index contributed by atoms with van der Waals surface area (Å²) >= 11 is 1.34. The van der Waals surface area contributed by atoms with Gasteiger partial charge in [-0.2, -0.15) is 5.10 Å². The summed E-state index contributed by atoms with van der Waals surface area (Å²) in [6.45, 7) is 5.30. The van der Waals surface area contributed by atoms with Gasteiger partial charge in [0.15, 0.2) is 6.29 Å². The molecule has 136 valence electrons. The van der Waals surface area contributed by atoms with Crippen LogP contribution in [0.2, 0.25) is 0 Å². The van der Waals surface area contributed by atoms with E-state index in [0.29, 0.717) is 41.7 Å². The highest BCUT2D eigenvalue weighted by atomic mass is 32.1. The van der Waals surface area contributed by atoms with Crippen molar-refractivity contribution in [2.75, 3.05) is 11.9 Å². The molecule has 0 bridgehead atoms. The fourth-order valence-corrected chi connectivity index (χ4v) is 3.59. The molecule has 0 fully saturated rings. The van der Waals surface area contributed by atoms with Gasteiger partial charge in [0.2, 0.25) is 5.95 Å². The summed E-state index contributed by atoms with van der Waals surface area (Å²) in [6, 6.07) is 3.46. The average molecular weight is 372 g/mol. The average Bonchev–Trinajstić information content (AvgIpc) is 3.28. The van der Waals surface area contributed by atoms with Crippen molar-refractivity contribution in [2.45, 2.75) is 26.9 Å². The monoisotopic (exact) mass is 372 g/mol. The zero-order chi connectivity index (χ0) is 18.7. The van der Waals surface area contributed by atoms with E-state index >= 15 is 0 Å². The summed E-state index contributed by atoms with van der Waals surface area (Å²) in [4.78, 5) is 29.6. The van der Waals surface area contributed by atoms with E-state index in [1.165, 1.54) is 11.3 Å². The number of fused-ring (bicyclic) bond motifs is 1. The Morgan fingerprint density at radius 1 is 1.38 bits per heavy atom. The normalized spacial score (nSPS) is 11.5. The fourth-order valence-electron chi connectivity index (χ4n) is 2.67. The molecule has 0 atom stereocenters. The minimum Gasteiger partial charge on any atom is -0.327 e. The molecule has 0 spiro atoms. The molecule has 0 saturated carbocycles. The fraction of sp³-hybridized carbons (Fsp3) is 0.294. The van der Waals surface area contributed by atoms with Gasteiger partial charge >= 0.3 is 0 Å². The van der Waals surface area contributed by atoms with Crippen molar-refractivity contribution in [2.24, 2.45) is 5.73 Å². The minimum atomic E-state index is -0.273. The molecule has 0 aromatic carbocycles. The Bertz CT molecular complexity index is 981. The highest BCUT2D eigenvalue weighted by Crippen LogP contribution is 2.28. The lowest BCUT2D eigenvalue weighted by molar-refractivity contribution is 0.101. The molecule has 0 radical (unpaired) electrons. The van der Waals surface area contributed by atoms with Gasteiger partial charge in [-0.05, 0) is 26.0 Å². The number of hydrogen-bond donors (Lipinski definition) is 2. The molecule has 26 heavy (non-hydrogen) atoms. The third-order valence-corrected chi connectivity index (χ3v) is 4.88. The van der Waals surface area contributed by atoms with Gasteiger partial charge in [0.1, 0.15) is 16.0 Å². The van der Waals surface area contributed by atoms with Crippen LogP contribution in [-0.4, -0.2) is 38.1 Å². The van der Waals surface area contributed by atoms with Crippen LogP contribution in [0.1, 0.15) is 32.8 Å². The number of carbonyl (C=O) groups excluding carboxylic acids is 2. The Morgan fingerprint density at radius 3 is 2.88 bits per heavy atom. The first kappa shape index (κ1) is 18.0. The van der Waals surface area contributed by atoms with E-state index in [0.717, 1.165) is 16.8 Å². The first-order chi connectivity index (χ1) is 12.6. The van der Waals surface area contributed by atoms with Gasteiger partial charge in [0, 0.05) is 19.6 Å². The summed E-state index contributed by atoms with van der Waals surface area (Å²) in [5.74, 6) is 0.154. The quantitative estimate of drug-likeness (QED) is 0.488. The predicted octanol–water partition coefficient (Wildman–Crippen LogP) is 2.20. The number of rotatable bonds is 7. The maximum Gasteiger partial charge on any atom is 0.276 e. The standard InChI is InChI=1S/C17H20N6O2S/c1-3-23-14(8-11(2)21-23)15(25)20-17-19-13-9-12(10-24)26-16(13)22(17)7-5-4-6-18/h4-5,8-10H,3,6-7,18H2,1-2H3,(H,19,20,25)/b5-4+. The molecule has 3 N–H and O–H groups in total. The summed E-state index contributed by atoms with van der Waals surface area (Å²) in [6.07, 6.45) is 4.53. The lowest BCUT2D eigenvalue weighted by Gasteiger charge is -2.08. The number of nitrogens with two attached hydrogens (primary N) is 1. The Labute approximate surface area is 154 Å². The topological polar surface area (TPSA) is 108 Å². The van der Waals surface area contributed by atoms with Crippen LogP contribution >= 0.6 is 11.3 Å². The summed E-state index contributed by atoms with van der Waals surface area (Å²) in [5, 5.41) is 7.16. The van der Waals surface area contributed by atoms with Gasteiger partial charge in [-0.25, -0.2) is 4.98 Å². The number of amides is 1. The van der Waals surface area contributed by atoms with Gasteiger partial charge in [-0.1, -0.05) is 12.2 Å². The van der Waals surface area contributed by atoms with Crippen molar-refractivity contribution < 1.29 is 9.59 Å². The number of thiophene rings is 1. The number of anilines is 1. The number of allylic oxidation sites excluding steroid dienone is 1. The second kappa shape index (κ2) is 7.63. The van der Waals surface area contributed by atoms with E-state index in [1.54, 1.807) is 16.8 Å². The maximum absolute atomic E-state index is 12.7. The molecule has 9 heteroatoms. The lowest BCUT2D eigenvalue weighted by Crippen LogP contribution is -2.19. The molecule has 0 aliphatic rings. The molecule has 0 aliphatic carbocycles. The minimum absolute atomic E-state index is 0.273. The van der Waals surface area contributed by atoms with E-state index in [9.17, 15) is 9.59 Å². The van der Waals surface area contributed by atoms with Crippen LogP contribution < -0.4 is 11.1 Å². The van der Waals surface area contributed by atoms with E-state index in [2.05, 4.69) is 15.4 Å². The molecule has 3 rings (SSSR count). The maximum atomic E-state index is 12.7. The third-order valence-electron chi connectivity index (χ3n) is 3.81. The highest BCUT2D eigenvalue weighted by Gasteiger charge is 2.19. The first-order valence-corrected chi connectivity index (χ1v) is 9.05. The molecule has 3 aromatic heterocycles. The van der Waals surface area contributed by atoms with Crippen molar-refractivity contribution in [1.82, 2.24) is 19.3 Å². The van der Waals surface area contributed by atoms with Crippen molar-refractivity contribution in [1.29, 1.82) is 0 Å². The van der Waals surface area contributed by atoms with Crippen molar-refractivity contribution in [3.05, 3.63) is 40.5 Å².